The van der Waals surface area contributed by atoms with Gasteiger partial charge in [0.2, 0.25) is 5.91 Å². The maximum Gasteiger partial charge on any atom is 0.224 e. The van der Waals surface area contributed by atoms with E-state index in [0.29, 0.717) is 31.0 Å². The van der Waals surface area contributed by atoms with E-state index in [9.17, 15) is 4.79 Å². The van der Waals surface area contributed by atoms with Crippen LogP contribution in [-0.4, -0.2) is 22.1 Å². The van der Waals surface area contributed by atoms with E-state index in [4.69, 9.17) is 4.74 Å². The van der Waals surface area contributed by atoms with E-state index >= 15 is 0 Å². The Kier molecular flexibility index (Phi) is 6.04. The Labute approximate surface area is 153 Å². The van der Waals surface area contributed by atoms with Crippen LogP contribution in [0, 0.1) is 6.92 Å². The summed E-state index contributed by atoms with van der Waals surface area (Å²) in [4.78, 5) is 16.3. The average molecular weight is 349 g/mol. The highest BCUT2D eigenvalue weighted by molar-refractivity contribution is 5.92. The fourth-order valence-corrected chi connectivity index (χ4v) is 2.71. The summed E-state index contributed by atoms with van der Waals surface area (Å²) in [5.74, 6) is 0.661. The molecular weight excluding hydrogens is 326 g/mol. The predicted octanol–water partition coefficient (Wildman–Crippen LogP) is 3.84. The highest BCUT2D eigenvalue weighted by Crippen LogP contribution is 2.24. The molecule has 1 heterocycles. The first-order chi connectivity index (χ1) is 12.7. The lowest BCUT2D eigenvalue weighted by molar-refractivity contribution is -0.116. The van der Waals surface area contributed by atoms with Gasteiger partial charge in [0.1, 0.15) is 12.4 Å². The molecule has 0 aliphatic carbocycles. The number of para-hydroxylation sites is 2. The summed E-state index contributed by atoms with van der Waals surface area (Å²) in [6.07, 6.45) is 6.54. The van der Waals surface area contributed by atoms with Gasteiger partial charge in [0.15, 0.2) is 0 Å². The van der Waals surface area contributed by atoms with Gasteiger partial charge in [0.05, 0.1) is 18.6 Å². The van der Waals surface area contributed by atoms with Gasteiger partial charge in [-0.15, -0.1) is 0 Å². The number of aromatic nitrogens is 2. The first-order valence-electron chi connectivity index (χ1n) is 8.74. The second-order valence-corrected chi connectivity index (χ2v) is 6.18. The van der Waals surface area contributed by atoms with Crippen molar-refractivity contribution < 1.29 is 9.53 Å². The van der Waals surface area contributed by atoms with E-state index in [1.165, 1.54) is 11.1 Å². The summed E-state index contributed by atoms with van der Waals surface area (Å²) in [7, 11) is 0. The largest absolute Gasteiger partial charge is 0.490 e. The van der Waals surface area contributed by atoms with Gasteiger partial charge < -0.3 is 14.6 Å². The minimum Gasteiger partial charge on any atom is -0.490 e. The van der Waals surface area contributed by atoms with Gasteiger partial charge in [0, 0.05) is 18.8 Å². The molecule has 3 aromatic rings. The van der Waals surface area contributed by atoms with Crippen LogP contribution in [0.2, 0.25) is 0 Å². The Morgan fingerprint density at radius 2 is 2.08 bits per heavy atom. The number of aryl methyl sites for hydroxylation is 2. The lowest BCUT2D eigenvalue weighted by Crippen LogP contribution is -2.14. The van der Waals surface area contributed by atoms with Crippen LogP contribution in [0.4, 0.5) is 5.69 Å². The summed E-state index contributed by atoms with van der Waals surface area (Å²) in [5, 5.41) is 2.96. The van der Waals surface area contributed by atoms with Gasteiger partial charge in [-0.1, -0.05) is 42.0 Å². The minimum atomic E-state index is -0.0165. The molecule has 1 amide bonds. The first kappa shape index (κ1) is 17.7. The molecule has 5 heteroatoms. The third kappa shape index (κ3) is 5.21. The van der Waals surface area contributed by atoms with E-state index < -0.39 is 0 Å². The molecule has 0 radical (unpaired) electrons. The van der Waals surface area contributed by atoms with Crippen molar-refractivity contribution in [2.45, 2.75) is 26.3 Å². The van der Waals surface area contributed by atoms with Crippen LogP contribution in [0.1, 0.15) is 17.5 Å². The maximum absolute atomic E-state index is 12.3. The number of benzene rings is 2. The summed E-state index contributed by atoms with van der Waals surface area (Å²) < 4.78 is 7.77. The van der Waals surface area contributed by atoms with Gasteiger partial charge in [-0.05, 0) is 31.0 Å². The van der Waals surface area contributed by atoms with Crippen LogP contribution in [-0.2, 0) is 17.8 Å². The molecule has 3 rings (SSSR count). The van der Waals surface area contributed by atoms with E-state index in [-0.39, 0.29) is 5.91 Å². The van der Waals surface area contributed by atoms with Crippen LogP contribution < -0.4 is 10.1 Å². The minimum absolute atomic E-state index is 0.0165. The molecule has 0 bridgehead atoms. The number of hydrogen-bond acceptors (Lipinski definition) is 3. The fraction of sp³-hybridized carbons (Fsp3) is 0.238. The molecule has 0 aliphatic heterocycles. The van der Waals surface area contributed by atoms with Gasteiger partial charge in [-0.3, -0.25) is 4.79 Å². The van der Waals surface area contributed by atoms with Crippen molar-refractivity contribution in [2.24, 2.45) is 0 Å². The van der Waals surface area contributed by atoms with E-state index in [0.717, 1.165) is 6.42 Å². The SMILES string of the molecule is Cc1cccc(CCC(=O)Nc2ccccc2OCCn2ccnc2)c1. The van der Waals surface area contributed by atoms with Crippen molar-refractivity contribution in [3.05, 3.63) is 78.4 Å². The Morgan fingerprint density at radius 3 is 2.88 bits per heavy atom. The predicted molar refractivity (Wildman–Crippen MR) is 102 cm³/mol. The number of rotatable bonds is 8. The monoisotopic (exact) mass is 349 g/mol. The number of imidazole rings is 1. The number of carbonyl (C=O) groups is 1. The molecule has 1 N–H and O–H groups in total. The summed E-state index contributed by atoms with van der Waals surface area (Å²) >= 11 is 0. The lowest BCUT2D eigenvalue weighted by atomic mass is 10.1. The molecule has 0 saturated carbocycles. The number of nitrogens with one attached hydrogen (secondary N) is 1. The highest BCUT2D eigenvalue weighted by Gasteiger charge is 2.08. The number of hydrogen-bond donors (Lipinski definition) is 1. The van der Waals surface area contributed by atoms with E-state index in [1.807, 2.05) is 47.2 Å². The molecule has 1 aromatic heterocycles. The third-order valence-electron chi connectivity index (χ3n) is 4.05. The molecule has 0 spiro atoms. The molecule has 0 fully saturated rings. The second kappa shape index (κ2) is 8.85. The van der Waals surface area contributed by atoms with Crippen LogP contribution in [0.3, 0.4) is 0 Å². The fourth-order valence-electron chi connectivity index (χ4n) is 2.71. The van der Waals surface area contributed by atoms with Gasteiger partial charge in [-0.2, -0.15) is 0 Å². The Hall–Kier alpha value is -3.08. The van der Waals surface area contributed by atoms with Crippen LogP contribution >= 0.6 is 0 Å². The van der Waals surface area contributed by atoms with Crippen molar-refractivity contribution >= 4 is 11.6 Å². The maximum atomic E-state index is 12.3. The lowest BCUT2D eigenvalue weighted by Gasteiger charge is -2.13. The molecule has 134 valence electrons. The Balaban J connectivity index is 1.52. The third-order valence-corrected chi connectivity index (χ3v) is 4.05. The van der Waals surface area contributed by atoms with Gasteiger partial charge >= 0.3 is 0 Å². The smallest absolute Gasteiger partial charge is 0.224 e. The van der Waals surface area contributed by atoms with E-state index in [1.54, 1.807) is 12.5 Å². The Morgan fingerprint density at radius 1 is 1.19 bits per heavy atom. The molecule has 2 aromatic carbocycles. The van der Waals surface area contributed by atoms with Crippen LogP contribution in [0.25, 0.3) is 0 Å². The van der Waals surface area contributed by atoms with Crippen molar-refractivity contribution in [3.63, 3.8) is 0 Å². The molecule has 5 nitrogen and oxygen atoms in total. The molecule has 26 heavy (non-hydrogen) atoms. The normalized spacial score (nSPS) is 10.5. The zero-order valence-corrected chi connectivity index (χ0v) is 14.9. The number of ether oxygens (including phenoxy) is 1. The van der Waals surface area contributed by atoms with Gasteiger partial charge in [0.25, 0.3) is 0 Å². The van der Waals surface area contributed by atoms with Crippen molar-refractivity contribution in [3.8, 4) is 5.75 Å². The molecule has 0 aliphatic rings. The number of carbonyl (C=O) groups excluding carboxylic acids is 1. The zero-order chi connectivity index (χ0) is 18.2. The van der Waals surface area contributed by atoms with E-state index in [2.05, 4.69) is 29.4 Å². The summed E-state index contributed by atoms with van der Waals surface area (Å²) in [6.45, 7) is 3.27. The number of anilines is 1. The first-order valence-corrected chi connectivity index (χ1v) is 8.74. The van der Waals surface area contributed by atoms with Crippen molar-refractivity contribution in [2.75, 3.05) is 11.9 Å². The standard InChI is InChI=1S/C21H23N3O2/c1-17-5-4-6-18(15-17)9-10-21(25)23-19-7-2-3-8-20(19)26-14-13-24-12-11-22-16-24/h2-8,11-12,15-16H,9-10,13-14H2,1H3,(H,23,25). The molecule has 0 unspecified atom stereocenters. The summed E-state index contributed by atoms with van der Waals surface area (Å²) in [5.41, 5.74) is 3.08. The zero-order valence-electron chi connectivity index (χ0n) is 14.9. The van der Waals surface area contributed by atoms with Crippen LogP contribution in [0.15, 0.2) is 67.3 Å². The molecular formula is C21H23N3O2. The van der Waals surface area contributed by atoms with Gasteiger partial charge in [-0.25, -0.2) is 4.98 Å². The number of amides is 1. The average Bonchev–Trinajstić information content (AvgIpc) is 3.15. The quantitative estimate of drug-likeness (QED) is 0.672. The number of nitrogens with zero attached hydrogens (tertiary/aromatic N) is 2. The van der Waals surface area contributed by atoms with Crippen molar-refractivity contribution in [1.82, 2.24) is 9.55 Å². The topological polar surface area (TPSA) is 56.1 Å². The van der Waals surface area contributed by atoms with Crippen molar-refractivity contribution in [1.29, 1.82) is 0 Å². The second-order valence-electron chi connectivity index (χ2n) is 6.18. The molecule has 0 atom stereocenters. The highest BCUT2D eigenvalue weighted by atomic mass is 16.5. The summed E-state index contributed by atoms with van der Waals surface area (Å²) in [6, 6.07) is 15.7. The van der Waals surface area contributed by atoms with Crippen LogP contribution in [0.5, 0.6) is 5.75 Å². The Bertz CT molecular complexity index is 844. The molecule has 0 saturated heterocycles.